The molecule has 1 fully saturated rings. The maximum atomic E-state index is 11.5. The van der Waals surface area contributed by atoms with Crippen molar-refractivity contribution in [3.63, 3.8) is 0 Å². The lowest BCUT2D eigenvalue weighted by atomic mass is 10.2. The second kappa shape index (κ2) is 6.57. The van der Waals surface area contributed by atoms with E-state index in [2.05, 4.69) is 24.1 Å². The van der Waals surface area contributed by atoms with Gasteiger partial charge < -0.3 is 14.9 Å². The van der Waals surface area contributed by atoms with Crippen LogP contribution in [0.25, 0.3) is 0 Å². The number of para-hydroxylation sites is 1. The van der Waals surface area contributed by atoms with Crippen LogP contribution in [0.4, 0.5) is 5.69 Å². The van der Waals surface area contributed by atoms with Crippen molar-refractivity contribution < 1.29 is 9.90 Å². The molecule has 1 aromatic rings. The van der Waals surface area contributed by atoms with Gasteiger partial charge in [0.15, 0.2) is 0 Å². The van der Waals surface area contributed by atoms with E-state index in [9.17, 15) is 9.90 Å². The van der Waals surface area contributed by atoms with Crippen molar-refractivity contribution in [2.75, 3.05) is 31.6 Å². The SMILES string of the molecule is CN(CCCCN1CC(O)CC1=O)c1ccccc1. The third kappa shape index (κ3) is 3.96. The third-order valence-corrected chi connectivity index (χ3v) is 3.56. The fourth-order valence-corrected chi connectivity index (χ4v) is 2.43. The third-order valence-electron chi connectivity index (χ3n) is 3.56. The summed E-state index contributed by atoms with van der Waals surface area (Å²) < 4.78 is 0. The van der Waals surface area contributed by atoms with Crippen LogP contribution in [0, 0.1) is 0 Å². The van der Waals surface area contributed by atoms with Gasteiger partial charge in [0.25, 0.3) is 0 Å². The van der Waals surface area contributed by atoms with Gasteiger partial charge in [0.2, 0.25) is 5.91 Å². The Morgan fingerprint density at radius 3 is 2.68 bits per heavy atom. The summed E-state index contributed by atoms with van der Waals surface area (Å²) in [5.41, 5.74) is 1.22. The molecular weight excluding hydrogens is 240 g/mol. The Balaban J connectivity index is 1.66. The molecule has 104 valence electrons. The summed E-state index contributed by atoms with van der Waals surface area (Å²) in [6.07, 6.45) is 1.87. The molecule has 1 aromatic carbocycles. The second-order valence-electron chi connectivity index (χ2n) is 5.16. The normalized spacial score (nSPS) is 18.9. The van der Waals surface area contributed by atoms with E-state index in [1.807, 2.05) is 18.2 Å². The van der Waals surface area contributed by atoms with Gasteiger partial charge in [-0.15, -0.1) is 0 Å². The van der Waals surface area contributed by atoms with Crippen molar-refractivity contribution in [2.24, 2.45) is 0 Å². The predicted octanol–water partition coefficient (Wildman–Crippen LogP) is 1.50. The van der Waals surface area contributed by atoms with E-state index in [1.54, 1.807) is 4.90 Å². The molecule has 1 amide bonds. The first-order chi connectivity index (χ1) is 9.16. The molecule has 0 aliphatic carbocycles. The minimum atomic E-state index is -0.459. The molecule has 1 atom stereocenters. The number of carbonyl (C=O) groups excluding carboxylic acids is 1. The van der Waals surface area contributed by atoms with Gasteiger partial charge in [-0.1, -0.05) is 18.2 Å². The summed E-state index contributed by atoms with van der Waals surface area (Å²) in [7, 11) is 2.08. The number of likely N-dealkylation sites (tertiary alicyclic amines) is 1. The monoisotopic (exact) mass is 262 g/mol. The van der Waals surface area contributed by atoms with Gasteiger partial charge in [-0.2, -0.15) is 0 Å². The highest BCUT2D eigenvalue weighted by Gasteiger charge is 2.26. The van der Waals surface area contributed by atoms with Crippen LogP contribution >= 0.6 is 0 Å². The summed E-state index contributed by atoms with van der Waals surface area (Å²) in [6.45, 7) is 2.25. The zero-order valence-electron chi connectivity index (χ0n) is 11.5. The van der Waals surface area contributed by atoms with Gasteiger partial charge in [0.1, 0.15) is 0 Å². The number of nitrogens with zero attached hydrogens (tertiary/aromatic N) is 2. The molecule has 0 bridgehead atoms. The summed E-state index contributed by atoms with van der Waals surface area (Å²) in [5, 5.41) is 9.39. The Hall–Kier alpha value is -1.55. The van der Waals surface area contributed by atoms with Crippen LogP contribution in [-0.4, -0.2) is 48.7 Å². The highest BCUT2D eigenvalue weighted by atomic mass is 16.3. The Bertz CT molecular complexity index is 408. The second-order valence-corrected chi connectivity index (χ2v) is 5.16. The molecule has 1 N–H and O–H groups in total. The van der Waals surface area contributed by atoms with E-state index in [1.165, 1.54) is 5.69 Å². The van der Waals surface area contributed by atoms with Crippen molar-refractivity contribution in [3.8, 4) is 0 Å². The van der Waals surface area contributed by atoms with Crippen LogP contribution in [-0.2, 0) is 4.79 Å². The minimum Gasteiger partial charge on any atom is -0.391 e. The van der Waals surface area contributed by atoms with E-state index < -0.39 is 6.10 Å². The Morgan fingerprint density at radius 2 is 2.05 bits per heavy atom. The quantitative estimate of drug-likeness (QED) is 0.790. The zero-order chi connectivity index (χ0) is 13.7. The van der Waals surface area contributed by atoms with Crippen molar-refractivity contribution in [2.45, 2.75) is 25.4 Å². The number of amides is 1. The molecule has 4 nitrogen and oxygen atoms in total. The van der Waals surface area contributed by atoms with Crippen molar-refractivity contribution in [1.82, 2.24) is 4.90 Å². The number of anilines is 1. The van der Waals surface area contributed by atoms with Crippen LogP contribution < -0.4 is 4.90 Å². The van der Waals surface area contributed by atoms with Crippen LogP contribution in [0.1, 0.15) is 19.3 Å². The van der Waals surface area contributed by atoms with Crippen molar-refractivity contribution in [3.05, 3.63) is 30.3 Å². The van der Waals surface area contributed by atoms with Crippen molar-refractivity contribution in [1.29, 1.82) is 0 Å². The topological polar surface area (TPSA) is 43.8 Å². The predicted molar refractivity (Wildman–Crippen MR) is 76.1 cm³/mol. The molecule has 0 radical (unpaired) electrons. The lowest BCUT2D eigenvalue weighted by molar-refractivity contribution is -0.127. The van der Waals surface area contributed by atoms with Crippen molar-refractivity contribution >= 4 is 11.6 Å². The Kier molecular flexibility index (Phi) is 4.80. The number of hydrogen-bond donors (Lipinski definition) is 1. The number of benzene rings is 1. The molecule has 1 aliphatic rings. The number of aliphatic hydroxyl groups excluding tert-OH is 1. The lowest BCUT2D eigenvalue weighted by Crippen LogP contribution is -2.28. The first-order valence-electron chi connectivity index (χ1n) is 6.89. The fourth-order valence-electron chi connectivity index (χ4n) is 2.43. The Labute approximate surface area is 114 Å². The summed E-state index contributed by atoms with van der Waals surface area (Å²) in [6, 6.07) is 10.3. The van der Waals surface area contributed by atoms with Gasteiger partial charge in [-0.25, -0.2) is 0 Å². The zero-order valence-corrected chi connectivity index (χ0v) is 11.5. The molecule has 1 saturated heterocycles. The van der Waals surface area contributed by atoms with E-state index in [4.69, 9.17) is 0 Å². The largest absolute Gasteiger partial charge is 0.391 e. The fraction of sp³-hybridized carbons (Fsp3) is 0.533. The molecular formula is C15H22N2O2. The van der Waals surface area contributed by atoms with Gasteiger partial charge in [0, 0.05) is 32.4 Å². The number of aliphatic hydroxyl groups is 1. The molecule has 1 heterocycles. The minimum absolute atomic E-state index is 0.0870. The maximum Gasteiger partial charge on any atom is 0.225 e. The molecule has 4 heteroatoms. The van der Waals surface area contributed by atoms with E-state index >= 15 is 0 Å². The lowest BCUT2D eigenvalue weighted by Gasteiger charge is -2.20. The van der Waals surface area contributed by atoms with Gasteiger partial charge in [-0.3, -0.25) is 4.79 Å². The Morgan fingerprint density at radius 1 is 1.32 bits per heavy atom. The number of unbranched alkanes of at least 4 members (excludes halogenated alkanes) is 1. The molecule has 1 aliphatic heterocycles. The molecule has 0 aromatic heterocycles. The first kappa shape index (κ1) is 13.9. The molecule has 2 rings (SSSR count). The molecule has 0 spiro atoms. The van der Waals surface area contributed by atoms with E-state index in [0.29, 0.717) is 13.0 Å². The number of hydrogen-bond acceptors (Lipinski definition) is 3. The highest BCUT2D eigenvalue weighted by Crippen LogP contribution is 2.13. The van der Waals surface area contributed by atoms with Crippen LogP contribution in [0.3, 0.4) is 0 Å². The van der Waals surface area contributed by atoms with Gasteiger partial charge >= 0.3 is 0 Å². The maximum absolute atomic E-state index is 11.5. The number of rotatable bonds is 6. The van der Waals surface area contributed by atoms with Gasteiger partial charge in [-0.05, 0) is 25.0 Å². The van der Waals surface area contributed by atoms with Gasteiger partial charge in [0.05, 0.1) is 12.5 Å². The molecule has 19 heavy (non-hydrogen) atoms. The van der Waals surface area contributed by atoms with Crippen LogP contribution in [0.5, 0.6) is 0 Å². The summed E-state index contributed by atoms with van der Waals surface area (Å²) in [5.74, 6) is 0.0870. The average Bonchev–Trinajstić information content (AvgIpc) is 2.74. The molecule has 1 unspecified atom stereocenters. The van der Waals surface area contributed by atoms with Crippen LogP contribution in [0.2, 0.25) is 0 Å². The smallest absolute Gasteiger partial charge is 0.225 e. The van der Waals surface area contributed by atoms with Crippen LogP contribution in [0.15, 0.2) is 30.3 Å². The summed E-state index contributed by atoms with van der Waals surface area (Å²) in [4.78, 5) is 15.5. The highest BCUT2D eigenvalue weighted by molar-refractivity contribution is 5.78. The first-order valence-corrected chi connectivity index (χ1v) is 6.89. The number of carbonyl (C=O) groups is 1. The summed E-state index contributed by atoms with van der Waals surface area (Å²) >= 11 is 0. The van der Waals surface area contributed by atoms with E-state index in [-0.39, 0.29) is 5.91 Å². The standard InChI is InChI=1S/C15H22N2O2/c1-16(13-7-3-2-4-8-13)9-5-6-10-17-12-14(18)11-15(17)19/h2-4,7-8,14,18H,5-6,9-12H2,1H3. The van der Waals surface area contributed by atoms with E-state index in [0.717, 1.165) is 25.9 Å². The molecule has 0 saturated carbocycles. The average molecular weight is 262 g/mol. The number of β-amino-alcohol motifs (C(OH)–C–C–N with tert-alkyl or cyclic N) is 1.